The first-order chi connectivity index (χ1) is 14.1. The number of alkyl carbamates (subject to hydrolysis) is 1. The standard InChI is InChI=1S/C22H31N3O5/c1-6-8-14-23-19(27)18(16-12-10-9-11-13-16)25(7-2)20(28)17(15-26)24-21(29)30-22(3,4)5/h2,9-13,17-18,26H,6,8,14-15H2,1,3-5H3,(H,23,27)(H,24,29). The van der Waals surface area contributed by atoms with E-state index in [1.165, 1.54) is 0 Å². The second-order valence-electron chi connectivity index (χ2n) is 7.68. The van der Waals surface area contributed by atoms with E-state index in [1.807, 2.05) is 6.92 Å². The highest BCUT2D eigenvalue weighted by Crippen LogP contribution is 2.21. The minimum absolute atomic E-state index is 0.435. The van der Waals surface area contributed by atoms with Crippen molar-refractivity contribution in [2.45, 2.75) is 58.2 Å². The Morgan fingerprint density at radius 2 is 1.87 bits per heavy atom. The molecule has 2 atom stereocenters. The van der Waals surface area contributed by atoms with Crippen LogP contribution in [0.5, 0.6) is 0 Å². The number of nitrogens with one attached hydrogen (secondary N) is 2. The Balaban J connectivity index is 3.13. The Hall–Kier alpha value is -3.05. The number of carbonyl (C=O) groups is 3. The van der Waals surface area contributed by atoms with Gasteiger partial charge in [-0.05, 0) is 32.8 Å². The number of carbonyl (C=O) groups excluding carboxylic acids is 3. The van der Waals surface area contributed by atoms with Crippen molar-refractivity contribution in [1.82, 2.24) is 15.5 Å². The van der Waals surface area contributed by atoms with Gasteiger partial charge in [0, 0.05) is 12.6 Å². The summed E-state index contributed by atoms with van der Waals surface area (Å²) in [4.78, 5) is 38.8. The Labute approximate surface area is 178 Å². The highest BCUT2D eigenvalue weighted by atomic mass is 16.6. The average molecular weight is 418 g/mol. The van der Waals surface area contributed by atoms with Gasteiger partial charge in [-0.2, -0.15) is 0 Å². The second kappa shape index (κ2) is 11.8. The number of benzene rings is 1. The number of ether oxygens (including phenoxy) is 1. The first-order valence-corrected chi connectivity index (χ1v) is 9.87. The molecular weight excluding hydrogens is 386 g/mol. The molecule has 0 spiro atoms. The van der Waals surface area contributed by atoms with Gasteiger partial charge in [0.2, 0.25) is 5.91 Å². The van der Waals surface area contributed by atoms with E-state index >= 15 is 0 Å². The van der Waals surface area contributed by atoms with Crippen molar-refractivity contribution >= 4 is 17.9 Å². The summed E-state index contributed by atoms with van der Waals surface area (Å²) >= 11 is 0. The number of aliphatic hydroxyl groups excluding tert-OH is 1. The van der Waals surface area contributed by atoms with Crippen molar-refractivity contribution in [3.63, 3.8) is 0 Å². The molecule has 0 saturated heterocycles. The second-order valence-corrected chi connectivity index (χ2v) is 7.68. The SMILES string of the molecule is C#CN(C(=O)C(CO)NC(=O)OC(C)(C)C)C(C(=O)NCCCC)c1ccccc1. The van der Waals surface area contributed by atoms with Gasteiger partial charge in [0.15, 0.2) is 0 Å². The monoisotopic (exact) mass is 417 g/mol. The molecule has 1 aromatic rings. The third-order valence-electron chi connectivity index (χ3n) is 4.00. The van der Waals surface area contributed by atoms with Crippen LogP contribution in [-0.4, -0.2) is 52.7 Å². The van der Waals surface area contributed by atoms with E-state index in [-0.39, 0.29) is 0 Å². The number of nitrogens with zero attached hydrogens (tertiary/aromatic N) is 1. The summed E-state index contributed by atoms with van der Waals surface area (Å²) in [5.41, 5.74) is -0.281. The van der Waals surface area contributed by atoms with Crippen molar-refractivity contribution in [1.29, 1.82) is 0 Å². The van der Waals surface area contributed by atoms with Crippen LogP contribution in [0.25, 0.3) is 0 Å². The topological polar surface area (TPSA) is 108 Å². The third-order valence-corrected chi connectivity index (χ3v) is 4.00. The summed E-state index contributed by atoms with van der Waals surface area (Å²) in [7, 11) is 0. The zero-order valence-electron chi connectivity index (χ0n) is 18.0. The first kappa shape index (κ1) is 25.0. The Bertz CT molecular complexity index is 752. The molecule has 0 aliphatic rings. The largest absolute Gasteiger partial charge is 0.444 e. The van der Waals surface area contributed by atoms with Gasteiger partial charge in [0.25, 0.3) is 5.91 Å². The minimum atomic E-state index is -1.37. The van der Waals surface area contributed by atoms with E-state index < -0.39 is 42.2 Å². The summed E-state index contributed by atoms with van der Waals surface area (Å²) in [6.07, 6.45) is 6.36. The van der Waals surface area contributed by atoms with Crippen LogP contribution in [0.2, 0.25) is 0 Å². The number of hydrogen-bond acceptors (Lipinski definition) is 5. The van der Waals surface area contributed by atoms with Crippen molar-refractivity contribution in [2.24, 2.45) is 0 Å². The van der Waals surface area contributed by atoms with Crippen LogP contribution in [0.1, 0.15) is 52.1 Å². The average Bonchev–Trinajstić information content (AvgIpc) is 2.69. The summed E-state index contributed by atoms with van der Waals surface area (Å²) in [6.45, 7) is 6.72. The van der Waals surface area contributed by atoms with E-state index in [0.717, 1.165) is 17.7 Å². The molecule has 0 radical (unpaired) electrons. The van der Waals surface area contributed by atoms with Gasteiger partial charge in [0.1, 0.15) is 17.7 Å². The predicted molar refractivity (Wildman–Crippen MR) is 113 cm³/mol. The highest BCUT2D eigenvalue weighted by Gasteiger charge is 2.35. The number of rotatable bonds is 9. The van der Waals surface area contributed by atoms with Crippen LogP contribution >= 0.6 is 0 Å². The van der Waals surface area contributed by atoms with Crippen molar-refractivity contribution in [3.8, 4) is 12.5 Å². The maximum Gasteiger partial charge on any atom is 0.408 e. The fourth-order valence-electron chi connectivity index (χ4n) is 2.61. The Morgan fingerprint density at radius 3 is 2.37 bits per heavy atom. The Morgan fingerprint density at radius 1 is 1.23 bits per heavy atom. The third kappa shape index (κ3) is 7.76. The van der Waals surface area contributed by atoms with Gasteiger partial charge >= 0.3 is 6.09 Å². The summed E-state index contributed by atoms with van der Waals surface area (Å²) in [5.74, 6) is -1.25. The molecule has 30 heavy (non-hydrogen) atoms. The van der Waals surface area contributed by atoms with Crippen LogP contribution in [-0.2, 0) is 14.3 Å². The zero-order chi connectivity index (χ0) is 22.7. The normalized spacial score (nSPS) is 12.8. The lowest BCUT2D eigenvalue weighted by Gasteiger charge is -2.29. The molecular formula is C22H31N3O5. The molecule has 0 heterocycles. The summed E-state index contributed by atoms with van der Waals surface area (Å²) in [5, 5.41) is 14.7. The predicted octanol–water partition coefficient (Wildman–Crippen LogP) is 1.95. The van der Waals surface area contributed by atoms with Gasteiger partial charge < -0.3 is 20.5 Å². The van der Waals surface area contributed by atoms with E-state index in [2.05, 4.69) is 16.7 Å². The van der Waals surface area contributed by atoms with Crippen LogP contribution in [0.15, 0.2) is 30.3 Å². The lowest BCUT2D eigenvalue weighted by molar-refractivity contribution is -0.139. The van der Waals surface area contributed by atoms with E-state index in [9.17, 15) is 19.5 Å². The maximum atomic E-state index is 13.0. The number of hydrogen-bond donors (Lipinski definition) is 3. The molecule has 8 heteroatoms. The summed E-state index contributed by atoms with van der Waals surface area (Å²) in [6, 6.07) is 8.32. The van der Waals surface area contributed by atoms with Gasteiger partial charge in [-0.25, -0.2) is 4.79 Å². The van der Waals surface area contributed by atoms with E-state index in [1.54, 1.807) is 51.1 Å². The zero-order valence-corrected chi connectivity index (χ0v) is 18.0. The van der Waals surface area contributed by atoms with Crippen molar-refractivity contribution in [2.75, 3.05) is 13.2 Å². The van der Waals surface area contributed by atoms with Crippen molar-refractivity contribution < 1.29 is 24.2 Å². The quantitative estimate of drug-likeness (QED) is 0.323. The van der Waals surface area contributed by atoms with Gasteiger partial charge in [-0.15, -0.1) is 0 Å². The maximum absolute atomic E-state index is 13.0. The van der Waals surface area contributed by atoms with Gasteiger partial charge in [-0.3, -0.25) is 14.5 Å². The lowest BCUT2D eigenvalue weighted by atomic mass is 10.0. The molecule has 8 nitrogen and oxygen atoms in total. The van der Waals surface area contributed by atoms with Gasteiger partial charge in [-0.1, -0.05) is 50.1 Å². The number of aliphatic hydroxyl groups is 1. The van der Waals surface area contributed by atoms with Crippen LogP contribution < -0.4 is 10.6 Å². The molecule has 0 aliphatic carbocycles. The molecule has 0 aliphatic heterocycles. The molecule has 1 aromatic carbocycles. The molecule has 0 bridgehead atoms. The Kier molecular flexibility index (Phi) is 9.85. The minimum Gasteiger partial charge on any atom is -0.444 e. The lowest BCUT2D eigenvalue weighted by Crippen LogP contribution is -2.53. The first-order valence-electron chi connectivity index (χ1n) is 9.87. The fourth-order valence-corrected chi connectivity index (χ4v) is 2.61. The van der Waals surface area contributed by atoms with Crippen LogP contribution in [0.4, 0.5) is 4.79 Å². The van der Waals surface area contributed by atoms with E-state index in [0.29, 0.717) is 12.1 Å². The van der Waals surface area contributed by atoms with Crippen LogP contribution in [0, 0.1) is 12.5 Å². The summed E-state index contributed by atoms with van der Waals surface area (Å²) < 4.78 is 5.13. The molecule has 3 N–H and O–H groups in total. The number of terminal acetylenes is 1. The number of amides is 3. The fraction of sp³-hybridized carbons (Fsp3) is 0.500. The van der Waals surface area contributed by atoms with E-state index in [4.69, 9.17) is 11.2 Å². The molecule has 3 amide bonds. The van der Waals surface area contributed by atoms with Crippen molar-refractivity contribution in [3.05, 3.63) is 35.9 Å². The molecule has 0 aromatic heterocycles. The van der Waals surface area contributed by atoms with Crippen LogP contribution in [0.3, 0.4) is 0 Å². The molecule has 2 unspecified atom stereocenters. The smallest absolute Gasteiger partial charge is 0.408 e. The molecule has 1 rings (SSSR count). The number of unbranched alkanes of at least 4 members (excludes halogenated alkanes) is 1. The molecule has 0 fully saturated rings. The molecule has 0 saturated carbocycles. The molecule has 164 valence electrons. The van der Waals surface area contributed by atoms with Gasteiger partial charge in [0.05, 0.1) is 6.61 Å². The highest BCUT2D eigenvalue weighted by molar-refractivity contribution is 5.93.